The van der Waals surface area contributed by atoms with Crippen LogP contribution in [0.2, 0.25) is 0 Å². The SMILES string of the molecule is O=[C-]c1ccc(CBr)cc1.[CH3-].[U+2]. The van der Waals surface area contributed by atoms with Crippen LogP contribution in [-0.4, -0.2) is 6.29 Å². The van der Waals surface area contributed by atoms with Crippen molar-refractivity contribution >= 4 is 22.2 Å². The van der Waals surface area contributed by atoms with E-state index < -0.39 is 0 Å². The molecule has 3 heteroatoms. The average Bonchev–Trinajstić information content (AvgIpc) is 2.05. The fourth-order valence-electron chi connectivity index (χ4n) is 0.662. The Morgan fingerprint density at radius 2 is 1.75 bits per heavy atom. The number of hydrogen-bond donors (Lipinski definition) is 0. The van der Waals surface area contributed by atoms with Crippen molar-refractivity contribution in [1.82, 2.24) is 0 Å². The van der Waals surface area contributed by atoms with Crippen molar-refractivity contribution < 1.29 is 35.9 Å². The molecule has 0 amide bonds. The molecule has 0 fully saturated rings. The van der Waals surface area contributed by atoms with E-state index in [0.717, 1.165) is 5.33 Å². The molecule has 0 aliphatic rings. The van der Waals surface area contributed by atoms with Crippen LogP contribution in [0.15, 0.2) is 24.3 Å². The second kappa shape index (κ2) is 8.04. The van der Waals surface area contributed by atoms with Gasteiger partial charge in [0, 0.05) is 5.33 Å². The molecule has 0 bridgehead atoms. The van der Waals surface area contributed by atoms with Crippen LogP contribution in [0.3, 0.4) is 0 Å². The topological polar surface area (TPSA) is 17.1 Å². The predicted molar refractivity (Wildman–Crippen MR) is 50.3 cm³/mol. The van der Waals surface area contributed by atoms with E-state index in [2.05, 4.69) is 15.9 Å². The van der Waals surface area contributed by atoms with Gasteiger partial charge in [-0.2, -0.15) is 17.7 Å². The predicted octanol–water partition coefficient (Wildman–Crippen LogP) is 2.49. The molecule has 0 heterocycles. The van der Waals surface area contributed by atoms with Crippen LogP contribution in [-0.2, 0) is 10.1 Å². The molecular weight excluding hydrogens is 442 g/mol. The number of carbonyl (C=O) groups excluding carboxylic acids is 1. The first-order chi connectivity index (χ1) is 4.86. The minimum absolute atomic E-state index is 0. The van der Waals surface area contributed by atoms with Crippen molar-refractivity contribution in [2.45, 2.75) is 5.33 Å². The summed E-state index contributed by atoms with van der Waals surface area (Å²) in [5, 5.41) is 0.826. The van der Waals surface area contributed by atoms with Gasteiger partial charge in [0.05, 0.1) is 6.29 Å². The van der Waals surface area contributed by atoms with E-state index in [1.807, 2.05) is 18.4 Å². The van der Waals surface area contributed by atoms with Gasteiger partial charge in [0.15, 0.2) is 0 Å². The normalized spacial score (nSPS) is 7.75. The number of rotatable bonds is 2. The summed E-state index contributed by atoms with van der Waals surface area (Å²) in [4.78, 5) is 10.1. The minimum atomic E-state index is 0. The molecule has 0 aliphatic heterocycles. The second-order valence-corrected chi connectivity index (χ2v) is 2.49. The molecular formula is C9H9BrOU. The maximum absolute atomic E-state index is 10.1. The second-order valence-electron chi connectivity index (χ2n) is 1.93. The molecule has 0 N–H and O–H groups in total. The molecule has 0 radical (unpaired) electrons. The molecule has 0 aromatic heterocycles. The summed E-state index contributed by atoms with van der Waals surface area (Å²) in [6.45, 7) is 0. The Morgan fingerprint density at radius 1 is 1.25 bits per heavy atom. The smallest absolute Gasteiger partial charge is 0.376 e. The van der Waals surface area contributed by atoms with Crippen molar-refractivity contribution in [1.29, 1.82) is 0 Å². The van der Waals surface area contributed by atoms with E-state index in [0.29, 0.717) is 5.56 Å². The molecule has 12 heavy (non-hydrogen) atoms. The molecule has 0 saturated carbocycles. The van der Waals surface area contributed by atoms with Gasteiger partial charge in [0.25, 0.3) is 0 Å². The molecule has 0 aliphatic carbocycles. The van der Waals surface area contributed by atoms with Crippen molar-refractivity contribution in [2.24, 2.45) is 0 Å². The fourth-order valence-corrected chi connectivity index (χ4v) is 1.04. The summed E-state index contributed by atoms with van der Waals surface area (Å²) in [6.07, 6.45) is 1.81. The number of halogens is 1. The van der Waals surface area contributed by atoms with Crippen LogP contribution in [0.5, 0.6) is 0 Å². The molecule has 0 unspecified atom stereocenters. The maximum Gasteiger partial charge on any atom is 2.00 e. The van der Waals surface area contributed by atoms with E-state index in [9.17, 15) is 4.79 Å². The summed E-state index contributed by atoms with van der Waals surface area (Å²) in [5.41, 5.74) is 1.77. The van der Waals surface area contributed by atoms with Crippen molar-refractivity contribution in [3.8, 4) is 0 Å². The van der Waals surface area contributed by atoms with Gasteiger partial charge in [-0.15, -0.1) is 12.1 Å². The van der Waals surface area contributed by atoms with Crippen LogP contribution >= 0.6 is 15.9 Å². The van der Waals surface area contributed by atoms with Crippen LogP contribution in [0.4, 0.5) is 0 Å². The van der Waals surface area contributed by atoms with Gasteiger partial charge in [0.2, 0.25) is 0 Å². The average molecular weight is 451 g/mol. The quantitative estimate of drug-likeness (QED) is 0.499. The molecule has 1 aromatic carbocycles. The number of alkyl halides is 1. The molecule has 1 aromatic rings. The van der Waals surface area contributed by atoms with E-state index in [-0.39, 0.29) is 38.5 Å². The summed E-state index contributed by atoms with van der Waals surface area (Å²) >= 11 is 3.31. The maximum atomic E-state index is 10.1. The zero-order chi connectivity index (χ0) is 7.40. The summed E-state index contributed by atoms with van der Waals surface area (Å²) in [5.74, 6) is 0. The van der Waals surface area contributed by atoms with Gasteiger partial charge < -0.3 is 12.2 Å². The first-order valence-electron chi connectivity index (χ1n) is 2.90. The largest absolute Gasteiger partial charge is 2.00 e. The van der Waals surface area contributed by atoms with Crippen molar-refractivity contribution in [3.05, 3.63) is 42.8 Å². The summed E-state index contributed by atoms with van der Waals surface area (Å²) < 4.78 is 0. The summed E-state index contributed by atoms with van der Waals surface area (Å²) in [6, 6.07) is 7.30. The van der Waals surface area contributed by atoms with E-state index in [1.54, 1.807) is 12.1 Å². The Balaban J connectivity index is 0. The molecule has 1 rings (SSSR count). The third kappa shape index (κ3) is 4.45. The van der Waals surface area contributed by atoms with E-state index in [1.165, 1.54) is 5.56 Å². The van der Waals surface area contributed by atoms with Crippen LogP contribution < -0.4 is 0 Å². The molecule has 0 atom stereocenters. The monoisotopic (exact) mass is 450 g/mol. The Kier molecular flexibility index (Phi) is 10.00. The van der Waals surface area contributed by atoms with E-state index in [4.69, 9.17) is 0 Å². The van der Waals surface area contributed by atoms with Gasteiger partial charge in [-0.1, -0.05) is 21.5 Å². The Hall–Kier alpha value is 0.422. The first kappa shape index (κ1) is 14.9. The van der Waals surface area contributed by atoms with Gasteiger partial charge in [-0.05, 0) is 0 Å². The van der Waals surface area contributed by atoms with Gasteiger partial charge in [0.1, 0.15) is 0 Å². The Morgan fingerprint density at radius 3 is 2.08 bits per heavy atom. The molecule has 0 spiro atoms. The fraction of sp³-hybridized carbons (Fsp3) is 0.111. The van der Waals surface area contributed by atoms with Crippen molar-refractivity contribution in [2.75, 3.05) is 0 Å². The number of hydrogen-bond acceptors (Lipinski definition) is 1. The molecule has 1 nitrogen and oxygen atoms in total. The Bertz CT molecular complexity index is 220. The Labute approximate surface area is 105 Å². The van der Waals surface area contributed by atoms with E-state index >= 15 is 0 Å². The van der Waals surface area contributed by atoms with Crippen molar-refractivity contribution in [3.63, 3.8) is 0 Å². The standard InChI is InChI=1S/C8H6BrO.CH3.U/c9-5-7-1-3-8(6-10)4-2-7;;/h1-4H,5H2;1H3;/q2*-1;+2. The third-order valence-electron chi connectivity index (χ3n) is 1.23. The van der Waals surface area contributed by atoms with Crippen LogP contribution in [0.1, 0.15) is 11.1 Å². The minimum Gasteiger partial charge on any atom is -0.376 e. The van der Waals surface area contributed by atoms with Gasteiger partial charge >= 0.3 is 31.1 Å². The molecule has 62 valence electrons. The summed E-state index contributed by atoms with van der Waals surface area (Å²) in [7, 11) is 0. The zero-order valence-electron chi connectivity index (χ0n) is 6.80. The zero-order valence-corrected chi connectivity index (χ0v) is 12.6. The third-order valence-corrected chi connectivity index (χ3v) is 1.87. The van der Waals surface area contributed by atoms with Crippen LogP contribution in [0, 0.1) is 38.5 Å². The molecule has 0 saturated heterocycles. The number of benzene rings is 1. The first-order valence-corrected chi connectivity index (χ1v) is 4.02. The van der Waals surface area contributed by atoms with Gasteiger partial charge in [-0.25, -0.2) is 0 Å². The van der Waals surface area contributed by atoms with Gasteiger partial charge in [-0.3, -0.25) is 0 Å². The van der Waals surface area contributed by atoms with Crippen LogP contribution in [0.25, 0.3) is 0 Å².